The summed E-state index contributed by atoms with van der Waals surface area (Å²) in [5.74, 6) is 1.05. The quantitative estimate of drug-likeness (QED) is 0.575. The van der Waals surface area contributed by atoms with Gasteiger partial charge in [-0.1, -0.05) is 6.92 Å². The lowest BCUT2D eigenvalue weighted by atomic mass is 9.99. The number of carbonyl (C=O) groups is 1. The van der Waals surface area contributed by atoms with E-state index >= 15 is 0 Å². The second-order valence-electron chi connectivity index (χ2n) is 8.29. The number of carbonyl (C=O) groups excluding carboxylic acids is 1. The molecule has 0 spiro atoms. The van der Waals surface area contributed by atoms with Gasteiger partial charge in [-0.3, -0.25) is 4.79 Å². The summed E-state index contributed by atoms with van der Waals surface area (Å²) >= 11 is 0. The highest BCUT2D eigenvalue weighted by Crippen LogP contribution is 2.20. The monoisotopic (exact) mass is 433 g/mol. The van der Waals surface area contributed by atoms with E-state index in [1.165, 1.54) is 25.0 Å². The summed E-state index contributed by atoms with van der Waals surface area (Å²) in [4.78, 5) is 14.8. The Labute approximate surface area is 187 Å². The lowest BCUT2D eigenvalue weighted by molar-refractivity contribution is 0.0944. The van der Waals surface area contributed by atoms with E-state index in [1.807, 2.05) is 24.3 Å². The predicted octanol–water partition coefficient (Wildman–Crippen LogP) is 4.49. The van der Waals surface area contributed by atoms with Crippen LogP contribution in [0.15, 0.2) is 60.7 Å². The Morgan fingerprint density at radius 3 is 2.38 bits per heavy atom. The van der Waals surface area contributed by atoms with Crippen LogP contribution in [0.5, 0.6) is 0 Å². The van der Waals surface area contributed by atoms with Gasteiger partial charge in [-0.2, -0.15) is 0 Å². The second-order valence-corrected chi connectivity index (χ2v) is 8.29. The molecule has 1 fully saturated rings. The van der Waals surface area contributed by atoms with Crippen LogP contribution in [0.25, 0.3) is 11.3 Å². The Bertz CT molecular complexity index is 1010. The molecule has 3 aromatic rings. The van der Waals surface area contributed by atoms with Crippen molar-refractivity contribution < 1.29 is 9.18 Å². The fourth-order valence-electron chi connectivity index (χ4n) is 3.74. The van der Waals surface area contributed by atoms with Gasteiger partial charge in [-0.25, -0.2) is 4.39 Å². The largest absolute Gasteiger partial charge is 0.351 e. The van der Waals surface area contributed by atoms with Crippen LogP contribution in [-0.4, -0.2) is 47.2 Å². The molecule has 1 aromatic heterocycles. The van der Waals surface area contributed by atoms with Gasteiger partial charge in [0, 0.05) is 29.9 Å². The lowest BCUT2D eigenvalue weighted by Gasteiger charge is -2.30. The molecule has 0 radical (unpaired) electrons. The summed E-state index contributed by atoms with van der Waals surface area (Å²) in [6.45, 7) is 6.08. The van der Waals surface area contributed by atoms with E-state index in [9.17, 15) is 9.18 Å². The Morgan fingerprint density at radius 1 is 1.00 bits per heavy atom. The van der Waals surface area contributed by atoms with Crippen molar-refractivity contribution in [3.8, 4) is 11.3 Å². The number of benzene rings is 2. The SMILES string of the molecule is CC1CCN(CCNC(=O)c2ccc(Nc3ccc(-c4ccc(F)cc4)nn3)cc2)CC1. The van der Waals surface area contributed by atoms with Gasteiger partial charge in [-0.05, 0) is 92.5 Å². The molecular formula is C25H28FN5O. The van der Waals surface area contributed by atoms with Crippen molar-refractivity contribution in [3.63, 3.8) is 0 Å². The minimum absolute atomic E-state index is 0.0645. The number of aromatic nitrogens is 2. The van der Waals surface area contributed by atoms with Crippen LogP contribution in [-0.2, 0) is 0 Å². The first kappa shape index (κ1) is 21.9. The van der Waals surface area contributed by atoms with Gasteiger partial charge >= 0.3 is 0 Å². The minimum atomic E-state index is -0.284. The summed E-state index contributed by atoms with van der Waals surface area (Å²) < 4.78 is 13.1. The van der Waals surface area contributed by atoms with Crippen molar-refractivity contribution in [1.82, 2.24) is 20.4 Å². The highest BCUT2D eigenvalue weighted by Gasteiger charge is 2.15. The van der Waals surface area contributed by atoms with Crippen LogP contribution in [0.4, 0.5) is 15.9 Å². The average molecular weight is 434 g/mol. The van der Waals surface area contributed by atoms with Crippen molar-refractivity contribution in [2.45, 2.75) is 19.8 Å². The molecule has 32 heavy (non-hydrogen) atoms. The first-order chi connectivity index (χ1) is 15.6. The molecule has 0 bridgehead atoms. The number of amides is 1. The summed E-state index contributed by atoms with van der Waals surface area (Å²) in [5.41, 5.74) is 2.91. The van der Waals surface area contributed by atoms with Crippen molar-refractivity contribution in [2.75, 3.05) is 31.5 Å². The van der Waals surface area contributed by atoms with Gasteiger partial charge in [0.2, 0.25) is 0 Å². The average Bonchev–Trinajstić information content (AvgIpc) is 2.82. The van der Waals surface area contributed by atoms with Gasteiger partial charge in [0.15, 0.2) is 5.82 Å². The number of nitrogens with zero attached hydrogens (tertiary/aromatic N) is 3. The molecule has 166 valence electrons. The molecule has 0 atom stereocenters. The number of rotatable bonds is 7. The fraction of sp³-hybridized carbons (Fsp3) is 0.320. The van der Waals surface area contributed by atoms with Gasteiger partial charge in [0.25, 0.3) is 5.91 Å². The summed E-state index contributed by atoms with van der Waals surface area (Å²) in [7, 11) is 0. The number of hydrogen-bond acceptors (Lipinski definition) is 5. The second kappa shape index (κ2) is 10.3. The molecule has 6 nitrogen and oxygen atoms in total. The number of likely N-dealkylation sites (tertiary alicyclic amines) is 1. The maximum absolute atomic E-state index is 13.1. The van der Waals surface area contributed by atoms with Gasteiger partial charge < -0.3 is 15.5 Å². The van der Waals surface area contributed by atoms with Gasteiger partial charge in [0.1, 0.15) is 5.82 Å². The van der Waals surface area contributed by atoms with Gasteiger partial charge in [-0.15, -0.1) is 10.2 Å². The van der Waals surface area contributed by atoms with Crippen molar-refractivity contribution >= 4 is 17.4 Å². The fourth-order valence-corrected chi connectivity index (χ4v) is 3.74. The third kappa shape index (κ3) is 5.88. The molecule has 1 amide bonds. The normalized spacial score (nSPS) is 14.8. The van der Waals surface area contributed by atoms with E-state index in [0.717, 1.165) is 36.8 Å². The van der Waals surface area contributed by atoms with E-state index in [1.54, 1.807) is 24.3 Å². The highest BCUT2D eigenvalue weighted by atomic mass is 19.1. The minimum Gasteiger partial charge on any atom is -0.351 e. The predicted molar refractivity (Wildman–Crippen MR) is 124 cm³/mol. The van der Waals surface area contributed by atoms with Crippen LogP contribution in [0, 0.1) is 11.7 Å². The molecule has 1 aliphatic heterocycles. The van der Waals surface area contributed by atoms with Crippen LogP contribution < -0.4 is 10.6 Å². The topological polar surface area (TPSA) is 70.2 Å². The Hall–Kier alpha value is -3.32. The zero-order valence-corrected chi connectivity index (χ0v) is 18.2. The number of hydrogen-bond donors (Lipinski definition) is 2. The summed E-state index contributed by atoms with van der Waals surface area (Å²) in [6, 6.07) is 17.0. The number of nitrogens with one attached hydrogen (secondary N) is 2. The first-order valence-electron chi connectivity index (χ1n) is 11.0. The molecule has 1 aliphatic rings. The molecule has 7 heteroatoms. The molecule has 4 rings (SSSR count). The van der Waals surface area contributed by atoms with Crippen LogP contribution in [0.1, 0.15) is 30.1 Å². The van der Waals surface area contributed by atoms with E-state index in [-0.39, 0.29) is 11.7 Å². The summed E-state index contributed by atoms with van der Waals surface area (Å²) in [5, 5.41) is 14.6. The highest BCUT2D eigenvalue weighted by molar-refractivity contribution is 5.94. The van der Waals surface area contributed by atoms with E-state index in [4.69, 9.17) is 0 Å². The molecule has 1 saturated heterocycles. The molecule has 2 aromatic carbocycles. The Morgan fingerprint density at radius 2 is 1.72 bits per heavy atom. The third-order valence-corrected chi connectivity index (χ3v) is 5.81. The molecule has 0 aliphatic carbocycles. The standard InChI is InChI=1S/C25H28FN5O/c1-18-12-15-31(16-13-18)17-14-27-25(32)20-4-8-22(9-5-20)28-24-11-10-23(29-30-24)19-2-6-21(26)7-3-19/h2-11,18H,12-17H2,1H3,(H,27,32)(H,28,30). The van der Waals surface area contributed by atoms with Gasteiger partial charge in [0.05, 0.1) is 5.69 Å². The van der Waals surface area contributed by atoms with Crippen LogP contribution in [0.3, 0.4) is 0 Å². The Kier molecular flexibility index (Phi) is 7.07. The zero-order chi connectivity index (χ0) is 22.3. The summed E-state index contributed by atoms with van der Waals surface area (Å²) in [6.07, 6.45) is 2.48. The molecule has 0 saturated carbocycles. The zero-order valence-electron chi connectivity index (χ0n) is 18.2. The molecule has 0 unspecified atom stereocenters. The van der Waals surface area contributed by atoms with Crippen LogP contribution in [0.2, 0.25) is 0 Å². The molecule has 2 N–H and O–H groups in total. The molecule has 2 heterocycles. The van der Waals surface area contributed by atoms with Crippen LogP contribution >= 0.6 is 0 Å². The smallest absolute Gasteiger partial charge is 0.251 e. The van der Waals surface area contributed by atoms with Crippen molar-refractivity contribution in [1.29, 1.82) is 0 Å². The maximum Gasteiger partial charge on any atom is 0.251 e. The van der Waals surface area contributed by atoms with E-state index < -0.39 is 0 Å². The maximum atomic E-state index is 13.1. The van der Waals surface area contributed by atoms with Crippen molar-refractivity contribution in [3.05, 3.63) is 72.0 Å². The number of piperidine rings is 1. The van der Waals surface area contributed by atoms with Crippen molar-refractivity contribution in [2.24, 2.45) is 5.92 Å². The van der Waals surface area contributed by atoms with E-state index in [0.29, 0.717) is 23.6 Å². The Balaban J connectivity index is 1.26. The number of halogens is 1. The first-order valence-corrected chi connectivity index (χ1v) is 11.0. The third-order valence-electron chi connectivity index (χ3n) is 5.81. The van der Waals surface area contributed by atoms with E-state index in [2.05, 4.69) is 32.7 Å². The lowest BCUT2D eigenvalue weighted by Crippen LogP contribution is -2.39. The molecular weight excluding hydrogens is 405 g/mol. The number of anilines is 2.